The predicted octanol–water partition coefficient (Wildman–Crippen LogP) is 2.89. The van der Waals surface area contributed by atoms with Crippen LogP contribution in [0, 0.1) is 0 Å². The van der Waals surface area contributed by atoms with Gasteiger partial charge in [0.05, 0.1) is 17.9 Å². The molecule has 2 aromatic carbocycles. The molecule has 3 heterocycles. The average molecular weight is 478 g/mol. The molecule has 0 amide bonds. The van der Waals surface area contributed by atoms with Crippen LogP contribution in [0.1, 0.15) is 11.1 Å². The fraction of sp³-hybridized carbons (Fsp3) is 0.269. The van der Waals surface area contributed by atoms with E-state index < -0.39 is 5.97 Å². The van der Waals surface area contributed by atoms with E-state index in [0.717, 1.165) is 49.0 Å². The number of hydrogen-bond acceptors (Lipinski definition) is 7. The smallest absolute Gasteiger partial charge is 0.338 e. The van der Waals surface area contributed by atoms with Crippen LogP contribution in [0.15, 0.2) is 78.6 Å². The third-order valence-corrected chi connectivity index (χ3v) is 6.74. The molecule has 1 fully saturated rings. The van der Waals surface area contributed by atoms with Crippen molar-refractivity contribution in [2.45, 2.75) is 6.17 Å². The molecule has 1 unspecified atom stereocenters. The van der Waals surface area contributed by atoms with E-state index in [9.17, 15) is 4.79 Å². The van der Waals surface area contributed by atoms with E-state index in [0.29, 0.717) is 0 Å². The minimum Gasteiger partial charge on any atom is -0.372 e. The molecule has 2 aromatic rings. The second-order valence-electron chi connectivity index (χ2n) is 8.68. The summed E-state index contributed by atoms with van der Waals surface area (Å²) >= 11 is 6.16. The first-order valence-corrected chi connectivity index (χ1v) is 11.8. The van der Waals surface area contributed by atoms with Crippen LogP contribution in [-0.4, -0.2) is 66.1 Å². The first-order valence-electron chi connectivity index (χ1n) is 11.4. The van der Waals surface area contributed by atoms with Gasteiger partial charge in [0, 0.05) is 43.9 Å². The lowest BCUT2D eigenvalue weighted by Gasteiger charge is -2.36. The number of allylic oxidation sites excluding steroid dienone is 2. The number of nitrogens with one attached hydrogen (secondary N) is 1. The molecule has 7 nitrogen and oxygen atoms in total. The molecule has 0 spiro atoms. The van der Waals surface area contributed by atoms with Gasteiger partial charge in [-0.2, -0.15) is 5.90 Å². The third-order valence-electron chi connectivity index (χ3n) is 6.49. The van der Waals surface area contributed by atoms with Crippen molar-refractivity contribution in [3.63, 3.8) is 0 Å². The largest absolute Gasteiger partial charge is 0.372 e. The van der Waals surface area contributed by atoms with Crippen LogP contribution in [-0.2, 0) is 9.63 Å². The zero-order chi connectivity index (χ0) is 23.5. The molecule has 3 aliphatic heterocycles. The Bertz CT molecular complexity index is 1120. The number of carbonyl (C=O) groups excluding carboxylic acids is 1. The van der Waals surface area contributed by atoms with Crippen LogP contribution in [0.4, 0.5) is 0 Å². The minimum absolute atomic E-state index is 0.0637. The molecule has 176 valence electrons. The second-order valence-corrected chi connectivity index (χ2v) is 9.11. The number of hydrogen-bond donors (Lipinski definition) is 2. The van der Waals surface area contributed by atoms with Gasteiger partial charge in [0.2, 0.25) is 0 Å². The van der Waals surface area contributed by atoms with Crippen molar-refractivity contribution in [2.24, 2.45) is 5.90 Å². The lowest BCUT2D eigenvalue weighted by atomic mass is 10.0. The maximum absolute atomic E-state index is 11.5. The van der Waals surface area contributed by atoms with Crippen molar-refractivity contribution >= 4 is 28.8 Å². The molecule has 5 rings (SSSR count). The molecule has 3 aliphatic rings. The molecule has 8 heteroatoms. The van der Waals surface area contributed by atoms with Gasteiger partial charge in [-0.3, -0.25) is 9.80 Å². The molecule has 0 aromatic heterocycles. The zero-order valence-corrected chi connectivity index (χ0v) is 19.6. The molecule has 0 bridgehead atoms. The first kappa shape index (κ1) is 22.7. The van der Waals surface area contributed by atoms with E-state index in [1.807, 2.05) is 18.2 Å². The molecule has 1 saturated heterocycles. The molecule has 3 N–H and O–H groups in total. The fourth-order valence-corrected chi connectivity index (χ4v) is 4.78. The summed E-state index contributed by atoms with van der Waals surface area (Å²) in [5, 5.41) is 4.42. The Morgan fingerprint density at radius 1 is 1.00 bits per heavy atom. The van der Waals surface area contributed by atoms with E-state index in [2.05, 4.69) is 79.6 Å². The van der Waals surface area contributed by atoms with Crippen molar-refractivity contribution in [1.82, 2.24) is 20.0 Å². The lowest BCUT2D eigenvalue weighted by Crippen LogP contribution is -2.49. The van der Waals surface area contributed by atoms with Gasteiger partial charge in [0.25, 0.3) is 0 Å². The normalized spacial score (nSPS) is 20.7. The van der Waals surface area contributed by atoms with Crippen molar-refractivity contribution in [3.8, 4) is 0 Å². The van der Waals surface area contributed by atoms with Crippen molar-refractivity contribution in [1.29, 1.82) is 0 Å². The lowest BCUT2D eigenvalue weighted by molar-refractivity contribution is -0.145. The van der Waals surface area contributed by atoms with Gasteiger partial charge >= 0.3 is 5.97 Å². The molecular weight excluding hydrogens is 450 g/mol. The van der Waals surface area contributed by atoms with Gasteiger partial charge in [0.1, 0.15) is 6.17 Å². The Hall–Kier alpha value is -3.10. The van der Waals surface area contributed by atoms with Crippen molar-refractivity contribution in [2.75, 3.05) is 39.3 Å². The summed E-state index contributed by atoms with van der Waals surface area (Å²) in [6.45, 7) is 4.33. The number of piperazine rings is 1. The van der Waals surface area contributed by atoms with Crippen LogP contribution in [0.5, 0.6) is 0 Å². The molecule has 0 radical (unpaired) electrons. The number of nitrogens with zero attached hydrogens (tertiary/aromatic N) is 3. The van der Waals surface area contributed by atoms with Crippen LogP contribution in [0.3, 0.4) is 0 Å². The Morgan fingerprint density at radius 3 is 2.41 bits per heavy atom. The zero-order valence-electron chi connectivity index (χ0n) is 18.9. The summed E-state index contributed by atoms with van der Waals surface area (Å²) in [6.07, 6.45) is 6.69. The van der Waals surface area contributed by atoms with E-state index in [-0.39, 0.29) is 12.7 Å². The maximum Gasteiger partial charge on any atom is 0.338 e. The average Bonchev–Trinajstić information content (AvgIpc) is 3.23. The number of rotatable bonds is 6. The number of carbonyl (C=O) groups is 1. The summed E-state index contributed by atoms with van der Waals surface area (Å²) in [5.74, 6) is 4.60. The molecule has 1 atom stereocenters. The Morgan fingerprint density at radius 2 is 1.71 bits per heavy atom. The summed E-state index contributed by atoms with van der Waals surface area (Å²) in [7, 11) is 0. The molecule has 34 heavy (non-hydrogen) atoms. The number of benzene rings is 2. The highest BCUT2D eigenvalue weighted by atomic mass is 35.5. The molecule has 0 saturated carbocycles. The summed E-state index contributed by atoms with van der Waals surface area (Å²) in [4.78, 5) is 22.7. The van der Waals surface area contributed by atoms with E-state index >= 15 is 0 Å². The SMILES string of the molecule is NOC(=O)CN1CCN(CC2=C(c3ccc(Cl)cc3)NC3C=CC(c4ccccc4)=CN23)CC1. The highest BCUT2D eigenvalue weighted by Crippen LogP contribution is 2.34. The number of nitrogens with two attached hydrogens (primary N) is 1. The quantitative estimate of drug-likeness (QED) is 0.620. The highest BCUT2D eigenvalue weighted by molar-refractivity contribution is 6.30. The van der Waals surface area contributed by atoms with Crippen LogP contribution in [0.2, 0.25) is 5.02 Å². The monoisotopic (exact) mass is 477 g/mol. The topological polar surface area (TPSA) is 74.1 Å². The first-order chi connectivity index (χ1) is 16.6. The van der Waals surface area contributed by atoms with Gasteiger partial charge < -0.3 is 15.1 Å². The maximum atomic E-state index is 11.5. The summed E-state index contributed by atoms with van der Waals surface area (Å²) in [5.41, 5.74) is 5.82. The van der Waals surface area contributed by atoms with Gasteiger partial charge in [-0.05, 0) is 34.9 Å². The van der Waals surface area contributed by atoms with Crippen LogP contribution < -0.4 is 11.2 Å². The molecular formula is C26H28ClN5O2. The standard InChI is InChI=1S/C26H28ClN5O2/c27-22-9-6-20(7-10-22)26-23(17-30-12-14-31(15-13-30)18-25(33)34-28)32-16-21(8-11-24(32)29-26)19-4-2-1-3-5-19/h1-11,16,24,29H,12-15,17-18,28H2. The Balaban J connectivity index is 1.40. The van der Waals surface area contributed by atoms with Crippen LogP contribution >= 0.6 is 11.6 Å². The van der Waals surface area contributed by atoms with E-state index in [1.54, 1.807) is 0 Å². The van der Waals surface area contributed by atoms with Gasteiger partial charge in [-0.1, -0.05) is 60.1 Å². The fourth-order valence-electron chi connectivity index (χ4n) is 4.65. The highest BCUT2D eigenvalue weighted by Gasteiger charge is 2.33. The van der Waals surface area contributed by atoms with E-state index in [4.69, 9.17) is 17.5 Å². The third kappa shape index (κ3) is 4.88. The number of halogens is 1. The van der Waals surface area contributed by atoms with Gasteiger partial charge in [0.15, 0.2) is 0 Å². The van der Waals surface area contributed by atoms with Gasteiger partial charge in [-0.15, -0.1) is 0 Å². The van der Waals surface area contributed by atoms with E-state index in [1.165, 1.54) is 16.8 Å². The Kier molecular flexibility index (Phi) is 6.69. The second kappa shape index (κ2) is 10.0. The van der Waals surface area contributed by atoms with Crippen LogP contribution in [0.25, 0.3) is 11.3 Å². The molecule has 0 aliphatic carbocycles. The summed E-state index contributed by atoms with van der Waals surface area (Å²) in [6, 6.07) is 18.4. The minimum atomic E-state index is -0.400. The Labute approximate surface area is 204 Å². The summed E-state index contributed by atoms with van der Waals surface area (Å²) < 4.78 is 0. The van der Waals surface area contributed by atoms with Crippen molar-refractivity contribution < 1.29 is 9.63 Å². The number of fused-ring (bicyclic) bond motifs is 1. The van der Waals surface area contributed by atoms with Crippen molar-refractivity contribution in [3.05, 3.63) is 94.8 Å². The van der Waals surface area contributed by atoms with Gasteiger partial charge in [-0.25, -0.2) is 4.79 Å². The predicted molar refractivity (Wildman–Crippen MR) is 134 cm³/mol.